The van der Waals surface area contributed by atoms with Crippen molar-refractivity contribution in [3.05, 3.63) is 68.3 Å². The average Bonchev–Trinajstić information content (AvgIpc) is 3.43. The first-order chi connectivity index (χ1) is 16.8. The normalized spacial score (nSPS) is 21.7. The quantitative estimate of drug-likeness (QED) is 0.328. The molecule has 190 valence electrons. The molecular formula is C22H14Cl2F4N2O4S2. The van der Waals surface area contributed by atoms with Crippen LogP contribution < -0.4 is 5.32 Å². The number of nitrogens with zero attached hydrogens (tertiary/aromatic N) is 1. The number of halogens is 6. The van der Waals surface area contributed by atoms with Gasteiger partial charge in [-0.3, -0.25) is 4.79 Å². The molecule has 1 amide bonds. The minimum atomic E-state index is -4.96. The number of amides is 1. The molecule has 2 aromatic carbocycles. The van der Waals surface area contributed by atoms with Gasteiger partial charge in [0.25, 0.3) is 11.5 Å². The number of hydrogen-bond donors (Lipinski definition) is 1. The number of oxime groups is 1. The molecular weight excluding hydrogens is 567 g/mol. The third-order valence-corrected chi connectivity index (χ3v) is 9.37. The average molecular weight is 581 g/mol. The predicted molar refractivity (Wildman–Crippen MR) is 128 cm³/mol. The first-order valence-corrected chi connectivity index (χ1v) is 13.8. The van der Waals surface area contributed by atoms with Crippen LogP contribution in [0.4, 0.5) is 17.6 Å². The highest BCUT2D eigenvalue weighted by Gasteiger charge is 2.62. The fourth-order valence-corrected chi connectivity index (χ4v) is 6.98. The number of benzene rings is 2. The van der Waals surface area contributed by atoms with E-state index in [1.165, 1.54) is 23.5 Å². The number of hydrogen-bond acceptors (Lipinski definition) is 6. The van der Waals surface area contributed by atoms with Gasteiger partial charge in [0.1, 0.15) is 0 Å². The highest BCUT2D eigenvalue weighted by atomic mass is 35.5. The summed E-state index contributed by atoms with van der Waals surface area (Å²) in [4.78, 5) is 17.8. The molecule has 14 heteroatoms. The van der Waals surface area contributed by atoms with Crippen molar-refractivity contribution in [3.63, 3.8) is 0 Å². The van der Waals surface area contributed by atoms with E-state index in [0.717, 1.165) is 12.1 Å². The summed E-state index contributed by atoms with van der Waals surface area (Å²) in [6.45, 7) is 0. The van der Waals surface area contributed by atoms with Gasteiger partial charge >= 0.3 is 6.18 Å². The molecule has 1 atom stereocenters. The van der Waals surface area contributed by atoms with Crippen LogP contribution in [0.5, 0.6) is 0 Å². The Bertz CT molecular complexity index is 1520. The highest BCUT2D eigenvalue weighted by molar-refractivity contribution is 7.92. The zero-order chi connectivity index (χ0) is 26.0. The monoisotopic (exact) mass is 580 g/mol. The lowest BCUT2D eigenvalue weighted by atomic mass is 9.86. The Morgan fingerprint density at radius 2 is 1.83 bits per heavy atom. The van der Waals surface area contributed by atoms with E-state index < -0.39 is 61.4 Å². The lowest BCUT2D eigenvalue weighted by Gasteiger charge is -2.29. The molecule has 1 unspecified atom stereocenters. The number of nitrogens with one attached hydrogen (secondary N) is 1. The van der Waals surface area contributed by atoms with Crippen LogP contribution in [0.2, 0.25) is 10.0 Å². The van der Waals surface area contributed by atoms with E-state index in [2.05, 4.69) is 10.5 Å². The molecule has 0 saturated carbocycles. The van der Waals surface area contributed by atoms with Crippen LogP contribution in [0.3, 0.4) is 0 Å². The number of thiophene rings is 1. The number of rotatable bonds is 4. The number of carbonyl (C=O) groups is 1. The Morgan fingerprint density at radius 3 is 2.44 bits per heavy atom. The molecule has 0 spiro atoms. The van der Waals surface area contributed by atoms with Crippen LogP contribution >= 0.6 is 34.5 Å². The summed E-state index contributed by atoms with van der Waals surface area (Å²) >= 11 is 12.7. The molecule has 3 heterocycles. The van der Waals surface area contributed by atoms with Crippen molar-refractivity contribution in [3.8, 4) is 0 Å². The van der Waals surface area contributed by atoms with Crippen LogP contribution in [0.15, 0.2) is 40.9 Å². The lowest BCUT2D eigenvalue weighted by Crippen LogP contribution is -2.52. The van der Waals surface area contributed by atoms with E-state index in [1.807, 2.05) is 0 Å². The second-order valence-electron chi connectivity index (χ2n) is 8.46. The first-order valence-electron chi connectivity index (χ1n) is 10.3. The Balaban J connectivity index is 1.49. The Kier molecular flexibility index (Phi) is 6.01. The van der Waals surface area contributed by atoms with Gasteiger partial charge in [-0.15, -0.1) is 11.3 Å². The maximum atomic E-state index is 14.3. The van der Waals surface area contributed by atoms with Gasteiger partial charge in [0.05, 0.1) is 39.7 Å². The number of alkyl halides is 3. The zero-order valence-electron chi connectivity index (χ0n) is 17.8. The zero-order valence-corrected chi connectivity index (χ0v) is 21.0. The van der Waals surface area contributed by atoms with Gasteiger partial charge in [-0.2, -0.15) is 13.2 Å². The standard InChI is InChI=1S/C22H14Cl2F4N2O4S2/c23-15-5-10(6-16(24)18(15)25)21(22(26,27)28)7-17(30-34-21)14-2-1-13(12-3-4-35-19(12)14)20(31)29-11-8-36(32,33)9-11/h1-6,11H,7-9H2,(H,29,31). The van der Waals surface area contributed by atoms with E-state index in [-0.39, 0.29) is 22.8 Å². The summed E-state index contributed by atoms with van der Waals surface area (Å²) in [5.41, 5.74) is -2.91. The van der Waals surface area contributed by atoms with Crippen LogP contribution in [-0.2, 0) is 20.3 Å². The van der Waals surface area contributed by atoms with Gasteiger partial charge in [0, 0.05) is 26.8 Å². The van der Waals surface area contributed by atoms with Crippen molar-refractivity contribution in [2.45, 2.75) is 24.2 Å². The van der Waals surface area contributed by atoms with Crippen molar-refractivity contribution in [1.82, 2.24) is 5.32 Å². The third-order valence-electron chi connectivity index (χ3n) is 6.05. The molecule has 6 nitrogen and oxygen atoms in total. The minimum Gasteiger partial charge on any atom is -0.374 e. The third kappa shape index (κ3) is 4.13. The van der Waals surface area contributed by atoms with Gasteiger partial charge < -0.3 is 10.2 Å². The maximum Gasteiger partial charge on any atom is 0.435 e. The van der Waals surface area contributed by atoms with Crippen LogP contribution in [0.25, 0.3) is 10.1 Å². The van der Waals surface area contributed by atoms with E-state index in [4.69, 9.17) is 28.0 Å². The number of sulfone groups is 1. The number of fused-ring (bicyclic) bond motifs is 1. The molecule has 0 bridgehead atoms. The van der Waals surface area contributed by atoms with Gasteiger partial charge in [0.2, 0.25) is 0 Å². The van der Waals surface area contributed by atoms with Crippen molar-refractivity contribution in [2.24, 2.45) is 5.16 Å². The second kappa shape index (κ2) is 8.57. The Morgan fingerprint density at radius 1 is 1.17 bits per heavy atom. The molecule has 2 aliphatic rings. The van der Waals surface area contributed by atoms with Crippen molar-refractivity contribution < 1.29 is 35.6 Å². The molecule has 3 aromatic rings. The maximum absolute atomic E-state index is 14.3. The predicted octanol–water partition coefficient (Wildman–Crippen LogP) is 5.46. The SMILES string of the molecule is O=C(NC1CS(=O)(=O)C1)c1ccc(C2=NOC(c3cc(Cl)c(F)c(Cl)c3)(C(F)(F)F)C2)c2sccc12. The van der Waals surface area contributed by atoms with Crippen molar-refractivity contribution in [2.75, 3.05) is 11.5 Å². The van der Waals surface area contributed by atoms with E-state index in [9.17, 15) is 30.8 Å². The fourth-order valence-electron chi connectivity index (χ4n) is 4.23. The van der Waals surface area contributed by atoms with Gasteiger partial charge in [-0.25, -0.2) is 12.8 Å². The van der Waals surface area contributed by atoms with Crippen molar-refractivity contribution >= 4 is 66.1 Å². The molecule has 0 aliphatic carbocycles. The summed E-state index contributed by atoms with van der Waals surface area (Å²) in [6, 6.07) is 5.67. The van der Waals surface area contributed by atoms with Gasteiger partial charge in [-0.05, 0) is 29.6 Å². The molecule has 1 fully saturated rings. The summed E-state index contributed by atoms with van der Waals surface area (Å²) in [5, 5.41) is 7.35. The smallest absolute Gasteiger partial charge is 0.374 e. The Hall–Kier alpha value is -2.41. The number of carbonyl (C=O) groups excluding carboxylic acids is 1. The van der Waals surface area contributed by atoms with E-state index >= 15 is 0 Å². The van der Waals surface area contributed by atoms with Crippen LogP contribution in [-0.4, -0.2) is 43.8 Å². The fraction of sp³-hybridized carbons (Fsp3) is 0.273. The molecule has 1 saturated heterocycles. The molecule has 2 aliphatic heterocycles. The molecule has 5 rings (SSSR count). The molecule has 1 N–H and O–H groups in total. The van der Waals surface area contributed by atoms with Crippen LogP contribution in [0, 0.1) is 5.82 Å². The van der Waals surface area contributed by atoms with Crippen LogP contribution in [0.1, 0.15) is 27.9 Å². The Labute approximate surface area is 215 Å². The summed E-state index contributed by atoms with van der Waals surface area (Å²) in [6.07, 6.45) is -5.70. The molecule has 1 aromatic heterocycles. The second-order valence-corrected chi connectivity index (χ2v) is 12.3. The largest absolute Gasteiger partial charge is 0.435 e. The summed E-state index contributed by atoms with van der Waals surface area (Å²) in [5.74, 6) is -1.83. The van der Waals surface area contributed by atoms with E-state index in [0.29, 0.717) is 15.6 Å². The minimum absolute atomic E-state index is 0.0339. The van der Waals surface area contributed by atoms with Crippen molar-refractivity contribution in [1.29, 1.82) is 0 Å². The molecule has 36 heavy (non-hydrogen) atoms. The summed E-state index contributed by atoms with van der Waals surface area (Å²) in [7, 11) is -3.13. The highest BCUT2D eigenvalue weighted by Crippen LogP contribution is 2.50. The summed E-state index contributed by atoms with van der Waals surface area (Å²) < 4.78 is 80.1. The van der Waals surface area contributed by atoms with E-state index in [1.54, 1.807) is 11.4 Å². The molecule has 0 radical (unpaired) electrons. The topological polar surface area (TPSA) is 84.8 Å². The first kappa shape index (κ1) is 25.2. The van der Waals surface area contributed by atoms with Gasteiger partial charge in [0.15, 0.2) is 15.7 Å². The van der Waals surface area contributed by atoms with Gasteiger partial charge in [-0.1, -0.05) is 34.4 Å². The lowest BCUT2D eigenvalue weighted by molar-refractivity contribution is -0.275.